The van der Waals surface area contributed by atoms with E-state index in [9.17, 15) is 0 Å². The molecule has 1 aliphatic carbocycles. The molecular formula is C13H20BrN3. The first-order valence-electron chi connectivity index (χ1n) is 6.35. The highest BCUT2D eigenvalue weighted by molar-refractivity contribution is 9.09. The second-order valence-corrected chi connectivity index (χ2v) is 5.53. The highest BCUT2D eigenvalue weighted by atomic mass is 79.9. The van der Waals surface area contributed by atoms with Crippen molar-refractivity contribution in [3.05, 3.63) is 17.6 Å². The zero-order valence-corrected chi connectivity index (χ0v) is 12.2. The zero-order chi connectivity index (χ0) is 12.3. The number of aryl methyl sites for hydroxylation is 2. The average Bonchev–Trinajstić information content (AvgIpc) is 2.77. The minimum atomic E-state index is 0.668. The van der Waals surface area contributed by atoms with Gasteiger partial charge in [0.05, 0.1) is 0 Å². The number of alkyl halides is 1. The maximum absolute atomic E-state index is 4.59. The third-order valence-corrected chi connectivity index (χ3v) is 3.69. The topological polar surface area (TPSA) is 29.0 Å². The molecule has 94 valence electrons. The predicted molar refractivity (Wildman–Crippen MR) is 74.9 cm³/mol. The van der Waals surface area contributed by atoms with Crippen LogP contribution >= 0.6 is 15.9 Å². The Kier molecular flexibility index (Phi) is 4.37. The molecule has 0 spiro atoms. The Morgan fingerprint density at radius 3 is 2.59 bits per heavy atom. The Morgan fingerprint density at radius 2 is 2.00 bits per heavy atom. The summed E-state index contributed by atoms with van der Waals surface area (Å²) >= 11 is 3.55. The molecule has 4 heteroatoms. The van der Waals surface area contributed by atoms with Gasteiger partial charge in [0.25, 0.3) is 0 Å². The summed E-state index contributed by atoms with van der Waals surface area (Å²) < 4.78 is 0. The normalized spacial score (nSPS) is 16.4. The van der Waals surface area contributed by atoms with Crippen LogP contribution in [-0.4, -0.2) is 27.9 Å². The Bertz CT molecular complexity index is 355. The van der Waals surface area contributed by atoms with Crippen LogP contribution in [-0.2, 0) is 0 Å². The van der Waals surface area contributed by atoms with Crippen molar-refractivity contribution in [1.82, 2.24) is 9.97 Å². The van der Waals surface area contributed by atoms with Crippen LogP contribution in [0.2, 0.25) is 0 Å². The van der Waals surface area contributed by atoms with E-state index in [4.69, 9.17) is 0 Å². The van der Waals surface area contributed by atoms with Crippen molar-refractivity contribution in [3.8, 4) is 0 Å². The Morgan fingerprint density at radius 1 is 1.29 bits per heavy atom. The molecule has 2 rings (SSSR count). The maximum atomic E-state index is 4.59. The van der Waals surface area contributed by atoms with Gasteiger partial charge >= 0.3 is 0 Å². The molecule has 1 aliphatic rings. The fourth-order valence-corrected chi connectivity index (χ4v) is 3.02. The van der Waals surface area contributed by atoms with E-state index in [0.717, 1.165) is 29.2 Å². The van der Waals surface area contributed by atoms with Crippen LogP contribution in [0.1, 0.15) is 37.2 Å². The number of nitrogens with zero attached hydrogens (tertiary/aromatic N) is 3. The van der Waals surface area contributed by atoms with Crippen LogP contribution in [0.5, 0.6) is 0 Å². The molecular weight excluding hydrogens is 278 g/mol. The second kappa shape index (κ2) is 5.80. The summed E-state index contributed by atoms with van der Waals surface area (Å²) in [4.78, 5) is 11.4. The SMILES string of the molecule is Cc1cc(N(CCBr)C2CCCC2)nc(C)n1. The van der Waals surface area contributed by atoms with Gasteiger partial charge in [-0.3, -0.25) is 0 Å². The molecule has 0 atom stereocenters. The van der Waals surface area contributed by atoms with Crippen LogP contribution < -0.4 is 4.90 Å². The average molecular weight is 298 g/mol. The number of anilines is 1. The fraction of sp³-hybridized carbons (Fsp3) is 0.692. The van der Waals surface area contributed by atoms with Gasteiger partial charge in [0.1, 0.15) is 11.6 Å². The molecule has 0 saturated heterocycles. The maximum Gasteiger partial charge on any atom is 0.132 e. The van der Waals surface area contributed by atoms with E-state index in [1.165, 1.54) is 25.7 Å². The third kappa shape index (κ3) is 3.18. The summed E-state index contributed by atoms with van der Waals surface area (Å²) in [5, 5.41) is 0.992. The lowest BCUT2D eigenvalue weighted by Gasteiger charge is -2.29. The molecule has 17 heavy (non-hydrogen) atoms. The van der Waals surface area contributed by atoms with Gasteiger partial charge in [-0.1, -0.05) is 28.8 Å². The van der Waals surface area contributed by atoms with Crippen molar-refractivity contribution in [2.75, 3.05) is 16.8 Å². The number of aromatic nitrogens is 2. The van der Waals surface area contributed by atoms with Gasteiger partial charge in [-0.25, -0.2) is 9.97 Å². The monoisotopic (exact) mass is 297 g/mol. The highest BCUT2D eigenvalue weighted by Gasteiger charge is 2.23. The summed E-state index contributed by atoms with van der Waals surface area (Å²) in [5.41, 5.74) is 1.06. The molecule has 0 aliphatic heterocycles. The van der Waals surface area contributed by atoms with Gasteiger partial charge in [-0.2, -0.15) is 0 Å². The first kappa shape index (κ1) is 12.8. The minimum absolute atomic E-state index is 0.668. The predicted octanol–water partition coefficient (Wildman–Crippen LogP) is 3.24. The van der Waals surface area contributed by atoms with Crippen molar-refractivity contribution < 1.29 is 0 Å². The number of halogens is 1. The summed E-state index contributed by atoms with van der Waals surface area (Å²) in [5.74, 6) is 1.97. The van der Waals surface area contributed by atoms with Gasteiger partial charge < -0.3 is 4.90 Å². The van der Waals surface area contributed by atoms with E-state index in [2.05, 4.69) is 36.9 Å². The van der Waals surface area contributed by atoms with Crippen LogP contribution in [0, 0.1) is 13.8 Å². The molecule has 0 radical (unpaired) electrons. The summed E-state index contributed by atoms with van der Waals surface area (Å²) in [6.45, 7) is 5.04. The van der Waals surface area contributed by atoms with E-state index in [1.54, 1.807) is 0 Å². The molecule has 1 heterocycles. The lowest BCUT2D eigenvalue weighted by Crippen LogP contribution is -2.35. The quantitative estimate of drug-likeness (QED) is 0.799. The largest absolute Gasteiger partial charge is 0.353 e. The van der Waals surface area contributed by atoms with Gasteiger partial charge in [0.15, 0.2) is 0 Å². The van der Waals surface area contributed by atoms with Gasteiger partial charge in [-0.05, 0) is 26.7 Å². The summed E-state index contributed by atoms with van der Waals surface area (Å²) in [7, 11) is 0. The molecule has 1 aromatic heterocycles. The van der Waals surface area contributed by atoms with E-state index >= 15 is 0 Å². The van der Waals surface area contributed by atoms with Crippen LogP contribution in [0.3, 0.4) is 0 Å². The van der Waals surface area contributed by atoms with E-state index in [-0.39, 0.29) is 0 Å². The van der Waals surface area contributed by atoms with Crippen LogP contribution in [0.25, 0.3) is 0 Å². The molecule has 0 bridgehead atoms. The smallest absolute Gasteiger partial charge is 0.132 e. The summed E-state index contributed by atoms with van der Waals surface area (Å²) in [6, 6.07) is 2.77. The molecule has 1 fully saturated rings. The van der Waals surface area contributed by atoms with E-state index < -0.39 is 0 Å². The van der Waals surface area contributed by atoms with Crippen molar-refractivity contribution in [1.29, 1.82) is 0 Å². The van der Waals surface area contributed by atoms with Crippen LogP contribution in [0.4, 0.5) is 5.82 Å². The minimum Gasteiger partial charge on any atom is -0.353 e. The molecule has 3 nitrogen and oxygen atoms in total. The van der Waals surface area contributed by atoms with Gasteiger partial charge in [-0.15, -0.1) is 0 Å². The van der Waals surface area contributed by atoms with Crippen molar-refractivity contribution in [2.45, 2.75) is 45.6 Å². The zero-order valence-electron chi connectivity index (χ0n) is 10.6. The van der Waals surface area contributed by atoms with Crippen molar-refractivity contribution >= 4 is 21.7 Å². The Hall–Kier alpha value is -0.640. The summed E-state index contributed by atoms with van der Waals surface area (Å²) in [6.07, 6.45) is 5.31. The number of hydrogen-bond donors (Lipinski definition) is 0. The molecule has 1 aromatic rings. The highest BCUT2D eigenvalue weighted by Crippen LogP contribution is 2.27. The lowest BCUT2D eigenvalue weighted by molar-refractivity contribution is 0.613. The Balaban J connectivity index is 2.24. The molecule has 0 aromatic carbocycles. The van der Waals surface area contributed by atoms with Crippen LogP contribution in [0.15, 0.2) is 6.07 Å². The van der Waals surface area contributed by atoms with Crippen molar-refractivity contribution in [2.24, 2.45) is 0 Å². The first-order valence-corrected chi connectivity index (χ1v) is 7.48. The lowest BCUT2D eigenvalue weighted by atomic mass is 10.2. The molecule has 0 amide bonds. The molecule has 1 saturated carbocycles. The first-order chi connectivity index (χ1) is 8.20. The number of rotatable bonds is 4. The fourth-order valence-electron chi connectivity index (χ4n) is 2.64. The van der Waals surface area contributed by atoms with Gasteiger partial charge in [0.2, 0.25) is 0 Å². The van der Waals surface area contributed by atoms with Crippen molar-refractivity contribution in [3.63, 3.8) is 0 Å². The van der Waals surface area contributed by atoms with E-state index in [1.807, 2.05) is 13.8 Å². The Labute approximate surface area is 112 Å². The number of hydrogen-bond acceptors (Lipinski definition) is 3. The second-order valence-electron chi connectivity index (χ2n) is 4.74. The van der Waals surface area contributed by atoms with E-state index in [0.29, 0.717) is 6.04 Å². The molecule has 0 N–H and O–H groups in total. The third-order valence-electron chi connectivity index (χ3n) is 3.34. The van der Waals surface area contributed by atoms with Gasteiger partial charge in [0, 0.05) is 29.7 Å². The molecule has 0 unspecified atom stereocenters. The standard InChI is InChI=1S/C13H20BrN3/c1-10-9-13(16-11(2)15-10)17(8-7-14)12-5-3-4-6-12/h9,12H,3-8H2,1-2H3.